The lowest BCUT2D eigenvalue weighted by Gasteiger charge is -2.32. The van der Waals surface area contributed by atoms with Gasteiger partial charge in [-0.1, -0.05) is 5.16 Å². The Bertz CT molecular complexity index is 233. The van der Waals surface area contributed by atoms with Crippen molar-refractivity contribution in [2.24, 2.45) is 10.9 Å². The van der Waals surface area contributed by atoms with Crippen molar-refractivity contribution in [3.05, 3.63) is 0 Å². The molecular weight excluding hydrogens is 210 g/mol. The Morgan fingerprint density at radius 1 is 1.69 bits per heavy atom. The van der Waals surface area contributed by atoms with E-state index in [2.05, 4.69) is 10.1 Å². The quantitative estimate of drug-likeness (QED) is 0.298. The highest BCUT2D eigenvalue weighted by atomic mass is 16.5. The largest absolute Gasteiger partial charge is 0.409 e. The number of nitrogens with zero attached hydrogens (tertiary/aromatic N) is 2. The molecule has 0 aromatic rings. The van der Waals surface area contributed by atoms with Crippen molar-refractivity contribution >= 4 is 5.84 Å². The molecule has 0 saturated carbocycles. The van der Waals surface area contributed by atoms with Crippen LogP contribution in [0.1, 0.15) is 13.8 Å². The first-order valence-electron chi connectivity index (χ1n) is 5.56. The van der Waals surface area contributed by atoms with Gasteiger partial charge < -0.3 is 20.4 Å². The molecule has 1 rings (SSSR count). The minimum absolute atomic E-state index is 0.134. The molecule has 0 aromatic heterocycles. The Hall–Kier alpha value is -0.850. The SMILES string of the molecule is CC(C)OCCN1CCOC(C(N)=NO)C1. The van der Waals surface area contributed by atoms with E-state index in [0.717, 1.165) is 13.1 Å². The standard InChI is InChI=1S/C10H21N3O3/c1-8(2)15-5-3-13-4-6-16-9(7-13)10(11)12-14/h8-9,14H,3-7H2,1-2H3,(H2,11,12). The van der Waals surface area contributed by atoms with Gasteiger partial charge in [-0.25, -0.2) is 0 Å². The summed E-state index contributed by atoms with van der Waals surface area (Å²) in [6, 6.07) is 0. The molecule has 1 aliphatic rings. The average Bonchev–Trinajstić information content (AvgIpc) is 2.28. The zero-order valence-electron chi connectivity index (χ0n) is 9.93. The molecule has 6 heteroatoms. The number of ether oxygens (including phenoxy) is 2. The van der Waals surface area contributed by atoms with Gasteiger partial charge in [0, 0.05) is 19.6 Å². The highest BCUT2D eigenvalue weighted by Gasteiger charge is 2.23. The van der Waals surface area contributed by atoms with Gasteiger partial charge >= 0.3 is 0 Å². The molecule has 1 heterocycles. The number of rotatable bonds is 5. The van der Waals surface area contributed by atoms with Gasteiger partial charge in [-0.05, 0) is 13.8 Å². The van der Waals surface area contributed by atoms with Crippen molar-refractivity contribution in [1.82, 2.24) is 4.90 Å². The fourth-order valence-corrected chi connectivity index (χ4v) is 1.57. The summed E-state index contributed by atoms with van der Waals surface area (Å²) in [5.41, 5.74) is 5.50. The number of hydrogen-bond donors (Lipinski definition) is 2. The number of morpholine rings is 1. The molecular formula is C10H21N3O3. The van der Waals surface area contributed by atoms with Gasteiger partial charge in [0.25, 0.3) is 0 Å². The third-order valence-corrected chi connectivity index (χ3v) is 2.45. The zero-order chi connectivity index (χ0) is 12.0. The molecule has 0 amide bonds. The second-order valence-electron chi connectivity index (χ2n) is 4.10. The topological polar surface area (TPSA) is 80.3 Å². The van der Waals surface area contributed by atoms with Gasteiger partial charge in [0.15, 0.2) is 5.84 Å². The normalized spacial score (nSPS) is 23.9. The van der Waals surface area contributed by atoms with E-state index in [-0.39, 0.29) is 18.0 Å². The van der Waals surface area contributed by atoms with Crippen LogP contribution in [0.25, 0.3) is 0 Å². The van der Waals surface area contributed by atoms with Crippen LogP contribution in [0.2, 0.25) is 0 Å². The first kappa shape index (κ1) is 13.2. The van der Waals surface area contributed by atoms with E-state index in [0.29, 0.717) is 19.8 Å². The number of oxime groups is 1. The van der Waals surface area contributed by atoms with Crippen molar-refractivity contribution in [2.75, 3.05) is 32.8 Å². The van der Waals surface area contributed by atoms with Crippen LogP contribution >= 0.6 is 0 Å². The number of amidine groups is 1. The number of nitrogens with two attached hydrogens (primary N) is 1. The summed E-state index contributed by atoms with van der Waals surface area (Å²) in [6.45, 7) is 7.67. The van der Waals surface area contributed by atoms with E-state index in [1.54, 1.807) is 0 Å². The molecule has 3 N–H and O–H groups in total. The summed E-state index contributed by atoms with van der Waals surface area (Å²) in [5.74, 6) is 0.134. The third kappa shape index (κ3) is 4.34. The molecule has 0 spiro atoms. The van der Waals surface area contributed by atoms with Crippen LogP contribution in [0.5, 0.6) is 0 Å². The van der Waals surface area contributed by atoms with Gasteiger partial charge in [0.1, 0.15) is 6.10 Å². The van der Waals surface area contributed by atoms with Gasteiger partial charge in [0.2, 0.25) is 0 Å². The van der Waals surface area contributed by atoms with Crippen LogP contribution in [-0.4, -0.2) is 61.0 Å². The summed E-state index contributed by atoms with van der Waals surface area (Å²) in [7, 11) is 0. The minimum Gasteiger partial charge on any atom is -0.409 e. The molecule has 1 fully saturated rings. The van der Waals surface area contributed by atoms with Crippen LogP contribution in [-0.2, 0) is 9.47 Å². The molecule has 1 atom stereocenters. The van der Waals surface area contributed by atoms with E-state index in [1.165, 1.54) is 0 Å². The maximum atomic E-state index is 8.56. The monoisotopic (exact) mass is 231 g/mol. The smallest absolute Gasteiger partial charge is 0.169 e. The first-order chi connectivity index (χ1) is 7.63. The lowest BCUT2D eigenvalue weighted by molar-refractivity contribution is -0.0131. The molecule has 94 valence electrons. The molecule has 0 radical (unpaired) electrons. The molecule has 6 nitrogen and oxygen atoms in total. The van der Waals surface area contributed by atoms with Crippen molar-refractivity contribution in [3.63, 3.8) is 0 Å². The van der Waals surface area contributed by atoms with Gasteiger partial charge in [-0.3, -0.25) is 4.90 Å². The summed E-state index contributed by atoms with van der Waals surface area (Å²) < 4.78 is 10.9. The predicted molar refractivity (Wildman–Crippen MR) is 60.7 cm³/mol. The molecule has 0 aliphatic carbocycles. The zero-order valence-corrected chi connectivity index (χ0v) is 9.93. The summed E-state index contributed by atoms with van der Waals surface area (Å²) in [5, 5.41) is 11.5. The van der Waals surface area contributed by atoms with Crippen LogP contribution in [0.15, 0.2) is 5.16 Å². The Morgan fingerprint density at radius 3 is 3.06 bits per heavy atom. The van der Waals surface area contributed by atoms with Crippen LogP contribution in [0.4, 0.5) is 0 Å². The maximum absolute atomic E-state index is 8.56. The van der Waals surface area contributed by atoms with Crippen LogP contribution in [0, 0.1) is 0 Å². The fraction of sp³-hybridized carbons (Fsp3) is 0.900. The third-order valence-electron chi connectivity index (χ3n) is 2.45. The van der Waals surface area contributed by atoms with Crippen molar-refractivity contribution < 1.29 is 14.7 Å². The maximum Gasteiger partial charge on any atom is 0.169 e. The summed E-state index contributed by atoms with van der Waals surface area (Å²) >= 11 is 0. The highest BCUT2D eigenvalue weighted by molar-refractivity contribution is 5.84. The van der Waals surface area contributed by atoms with Gasteiger partial charge in [-0.2, -0.15) is 0 Å². The molecule has 1 unspecified atom stereocenters. The van der Waals surface area contributed by atoms with Crippen LogP contribution < -0.4 is 5.73 Å². The highest BCUT2D eigenvalue weighted by Crippen LogP contribution is 2.05. The van der Waals surface area contributed by atoms with E-state index >= 15 is 0 Å². The molecule has 0 bridgehead atoms. The van der Waals surface area contributed by atoms with Crippen molar-refractivity contribution in [2.45, 2.75) is 26.1 Å². The second-order valence-corrected chi connectivity index (χ2v) is 4.10. The van der Waals surface area contributed by atoms with Crippen molar-refractivity contribution in [3.8, 4) is 0 Å². The lowest BCUT2D eigenvalue weighted by atomic mass is 10.2. The molecule has 16 heavy (non-hydrogen) atoms. The Labute approximate surface area is 96.0 Å². The predicted octanol–water partition coefficient (Wildman–Crippen LogP) is -0.141. The Balaban J connectivity index is 2.28. The fourth-order valence-electron chi connectivity index (χ4n) is 1.57. The van der Waals surface area contributed by atoms with E-state index in [1.807, 2.05) is 13.8 Å². The number of hydrogen-bond acceptors (Lipinski definition) is 5. The van der Waals surface area contributed by atoms with E-state index < -0.39 is 0 Å². The lowest BCUT2D eigenvalue weighted by Crippen LogP contribution is -2.49. The van der Waals surface area contributed by atoms with Gasteiger partial charge in [0.05, 0.1) is 19.3 Å². The van der Waals surface area contributed by atoms with Crippen LogP contribution in [0.3, 0.4) is 0 Å². The molecule has 1 saturated heterocycles. The molecule has 0 aromatic carbocycles. The minimum atomic E-state index is -0.308. The summed E-state index contributed by atoms with van der Waals surface area (Å²) in [6.07, 6.45) is -0.0567. The summed E-state index contributed by atoms with van der Waals surface area (Å²) in [4.78, 5) is 2.19. The Morgan fingerprint density at radius 2 is 2.44 bits per heavy atom. The van der Waals surface area contributed by atoms with E-state index in [9.17, 15) is 0 Å². The van der Waals surface area contributed by atoms with Gasteiger partial charge in [-0.15, -0.1) is 0 Å². The first-order valence-corrected chi connectivity index (χ1v) is 5.56. The molecule has 1 aliphatic heterocycles. The van der Waals surface area contributed by atoms with Crippen molar-refractivity contribution in [1.29, 1.82) is 0 Å². The Kier molecular flexibility index (Phi) is 5.51. The van der Waals surface area contributed by atoms with E-state index in [4.69, 9.17) is 20.4 Å². The average molecular weight is 231 g/mol. The second kappa shape index (κ2) is 6.67.